The van der Waals surface area contributed by atoms with Gasteiger partial charge >= 0.3 is 0 Å². The molecule has 0 fully saturated rings. The fourth-order valence-corrected chi connectivity index (χ4v) is 2.60. The lowest BCUT2D eigenvalue weighted by Crippen LogP contribution is -2.21. The Hall–Kier alpha value is -2.77. The molecule has 1 aromatic carbocycles. The summed E-state index contributed by atoms with van der Waals surface area (Å²) in [4.78, 5) is 20.5. The average molecular weight is 395 g/mol. The van der Waals surface area contributed by atoms with Gasteiger partial charge in [-0.05, 0) is 36.4 Å². The second kappa shape index (κ2) is 9.96. The van der Waals surface area contributed by atoms with Crippen molar-refractivity contribution < 1.29 is 22.4 Å². The minimum Gasteiger partial charge on any atom is -0.377 e. The summed E-state index contributed by atoms with van der Waals surface area (Å²) in [6.07, 6.45) is 2.99. The molecule has 1 aromatic heterocycles. The van der Waals surface area contributed by atoms with Crippen molar-refractivity contribution in [2.75, 3.05) is 13.6 Å². The van der Waals surface area contributed by atoms with Gasteiger partial charge in [0.15, 0.2) is 12.1 Å². The average Bonchev–Trinajstić information content (AvgIpc) is 2.66. The lowest BCUT2D eigenvalue weighted by molar-refractivity contribution is 0.112. The highest BCUT2D eigenvalue weighted by atomic mass is 19.3. The molecular formula is C20H21F4N3O. The van der Waals surface area contributed by atoms with Gasteiger partial charge in [-0.15, -0.1) is 0 Å². The van der Waals surface area contributed by atoms with Crippen molar-refractivity contribution in [3.05, 3.63) is 53.2 Å². The number of rotatable bonds is 9. The van der Waals surface area contributed by atoms with Crippen molar-refractivity contribution in [1.29, 1.82) is 0 Å². The van der Waals surface area contributed by atoms with Crippen molar-refractivity contribution in [1.82, 2.24) is 14.9 Å². The van der Waals surface area contributed by atoms with E-state index in [1.54, 1.807) is 24.2 Å². The van der Waals surface area contributed by atoms with Crippen molar-refractivity contribution in [2.45, 2.75) is 32.4 Å². The first kappa shape index (κ1) is 21.5. The third-order valence-electron chi connectivity index (χ3n) is 4.06. The van der Waals surface area contributed by atoms with Crippen LogP contribution in [-0.2, 0) is 0 Å². The van der Waals surface area contributed by atoms with Gasteiger partial charge in [-0.25, -0.2) is 27.5 Å². The summed E-state index contributed by atoms with van der Waals surface area (Å²) in [5.74, 6) is -0.821. The number of carbonyl (C=O) groups is 1. The van der Waals surface area contributed by atoms with Gasteiger partial charge in [0, 0.05) is 31.5 Å². The van der Waals surface area contributed by atoms with E-state index in [0.717, 1.165) is 24.9 Å². The van der Waals surface area contributed by atoms with E-state index in [1.165, 1.54) is 6.07 Å². The summed E-state index contributed by atoms with van der Waals surface area (Å²) in [6, 6.07) is 2.39. The Morgan fingerprint density at radius 2 is 1.82 bits per heavy atom. The van der Waals surface area contributed by atoms with Gasteiger partial charge in [0.25, 0.3) is 6.43 Å². The molecule has 0 spiro atoms. The first-order chi connectivity index (χ1) is 13.3. The highest BCUT2D eigenvalue weighted by Gasteiger charge is 2.14. The van der Waals surface area contributed by atoms with Crippen LogP contribution in [0.1, 0.15) is 47.7 Å². The third-order valence-corrected chi connectivity index (χ3v) is 4.06. The smallest absolute Gasteiger partial charge is 0.266 e. The zero-order chi connectivity index (χ0) is 20.7. The maximum atomic E-state index is 14.3. The Balaban J connectivity index is 2.30. The van der Waals surface area contributed by atoms with E-state index < -0.39 is 18.4 Å². The molecule has 1 unspecified atom stereocenters. The zero-order valence-corrected chi connectivity index (χ0v) is 15.6. The highest BCUT2D eigenvalue weighted by molar-refractivity contribution is 5.84. The Morgan fingerprint density at radius 3 is 2.39 bits per heavy atom. The van der Waals surface area contributed by atoms with E-state index in [9.17, 15) is 22.4 Å². The van der Waals surface area contributed by atoms with Gasteiger partial charge in [0.05, 0.1) is 11.1 Å². The van der Waals surface area contributed by atoms with E-state index >= 15 is 0 Å². The Morgan fingerprint density at radius 1 is 1.14 bits per heavy atom. The van der Waals surface area contributed by atoms with Crippen LogP contribution in [0.2, 0.25) is 0 Å². The minimum absolute atomic E-state index is 0.0249. The molecule has 0 bridgehead atoms. The molecule has 0 radical (unpaired) electrons. The molecule has 2 aromatic rings. The van der Waals surface area contributed by atoms with Crippen LogP contribution in [0.4, 0.5) is 17.6 Å². The van der Waals surface area contributed by atoms with Gasteiger partial charge in [-0.3, -0.25) is 4.79 Å². The SMILES string of the molecule is CCCC(F)CN(C)/C=C\c1cc(-c2ncc(C(F)F)cn2)c(F)cc1C=O. The van der Waals surface area contributed by atoms with Crippen molar-refractivity contribution in [3.63, 3.8) is 0 Å². The number of nitrogens with zero attached hydrogens (tertiary/aromatic N) is 3. The molecular weight excluding hydrogens is 374 g/mol. The van der Waals surface area contributed by atoms with Crippen molar-refractivity contribution >= 4 is 12.4 Å². The number of aromatic nitrogens is 2. The molecule has 150 valence electrons. The first-order valence-electron chi connectivity index (χ1n) is 8.77. The summed E-state index contributed by atoms with van der Waals surface area (Å²) >= 11 is 0. The van der Waals surface area contributed by atoms with Crippen LogP contribution in [0.5, 0.6) is 0 Å². The normalized spacial score (nSPS) is 12.5. The van der Waals surface area contributed by atoms with Gasteiger partial charge in [-0.1, -0.05) is 13.3 Å². The second-order valence-electron chi connectivity index (χ2n) is 6.36. The Bertz CT molecular complexity index is 825. The minimum atomic E-state index is -2.72. The first-order valence-corrected chi connectivity index (χ1v) is 8.77. The summed E-state index contributed by atoms with van der Waals surface area (Å²) in [6.45, 7) is 2.09. The molecule has 0 saturated carbocycles. The Labute approximate surface area is 160 Å². The zero-order valence-electron chi connectivity index (χ0n) is 15.6. The lowest BCUT2D eigenvalue weighted by Gasteiger charge is -2.17. The van der Waals surface area contributed by atoms with Gasteiger partial charge < -0.3 is 4.90 Å². The predicted molar refractivity (Wildman–Crippen MR) is 99.2 cm³/mol. The maximum absolute atomic E-state index is 14.3. The van der Waals surface area contributed by atoms with Gasteiger partial charge in [-0.2, -0.15) is 0 Å². The largest absolute Gasteiger partial charge is 0.377 e. The maximum Gasteiger partial charge on any atom is 0.266 e. The number of aldehydes is 1. The number of benzene rings is 1. The van der Waals surface area contributed by atoms with Crippen LogP contribution in [0.15, 0.2) is 30.7 Å². The monoisotopic (exact) mass is 395 g/mol. The standard InChI is InChI=1S/C20H21F4N3O/c1-3-4-16(21)11-27(2)6-5-13-7-17(18(22)8-14(13)12-28)20-25-9-15(10-26-20)19(23)24/h5-10,12,16,19H,3-4,11H2,1-2H3/b6-5-. The number of halogens is 4. The van der Waals surface area contributed by atoms with E-state index in [0.29, 0.717) is 18.3 Å². The fraction of sp³-hybridized carbons (Fsp3) is 0.350. The molecule has 0 saturated heterocycles. The molecule has 28 heavy (non-hydrogen) atoms. The van der Waals surface area contributed by atoms with Crippen molar-refractivity contribution in [2.24, 2.45) is 0 Å². The summed E-state index contributed by atoms with van der Waals surface area (Å²) in [5, 5.41) is 0. The topological polar surface area (TPSA) is 46.1 Å². The summed E-state index contributed by atoms with van der Waals surface area (Å²) < 4.78 is 53.3. The molecule has 0 aliphatic heterocycles. The van der Waals surface area contributed by atoms with Crippen LogP contribution in [0.25, 0.3) is 17.5 Å². The number of hydrogen-bond donors (Lipinski definition) is 0. The summed E-state index contributed by atoms with van der Waals surface area (Å²) in [5.41, 5.74) is 0.0810. The molecule has 2 rings (SSSR count). The highest BCUT2D eigenvalue weighted by Crippen LogP contribution is 2.25. The number of alkyl halides is 3. The van der Waals surface area contributed by atoms with Crippen molar-refractivity contribution in [3.8, 4) is 11.4 Å². The predicted octanol–water partition coefficient (Wildman–Crippen LogP) is 5.07. The van der Waals surface area contributed by atoms with Gasteiger partial charge in [0.1, 0.15) is 12.0 Å². The van der Waals surface area contributed by atoms with E-state index in [2.05, 4.69) is 9.97 Å². The molecule has 0 amide bonds. The fourth-order valence-electron chi connectivity index (χ4n) is 2.60. The Kier molecular flexibility index (Phi) is 7.66. The molecule has 1 atom stereocenters. The van der Waals surface area contributed by atoms with E-state index in [1.807, 2.05) is 6.92 Å². The molecule has 0 N–H and O–H groups in total. The lowest BCUT2D eigenvalue weighted by atomic mass is 10.0. The molecule has 0 aliphatic rings. The number of carbonyl (C=O) groups excluding carboxylic acids is 1. The molecule has 8 heteroatoms. The van der Waals surface area contributed by atoms with Crippen LogP contribution in [0, 0.1) is 5.82 Å². The second-order valence-corrected chi connectivity index (χ2v) is 6.36. The van der Waals surface area contributed by atoms with Crippen LogP contribution in [-0.4, -0.2) is 40.9 Å². The van der Waals surface area contributed by atoms with Crippen LogP contribution >= 0.6 is 0 Å². The summed E-state index contributed by atoms with van der Waals surface area (Å²) in [7, 11) is 1.69. The van der Waals surface area contributed by atoms with Crippen LogP contribution in [0.3, 0.4) is 0 Å². The quantitative estimate of drug-likeness (QED) is 0.439. The van der Waals surface area contributed by atoms with E-state index in [-0.39, 0.29) is 29.1 Å². The van der Waals surface area contributed by atoms with Gasteiger partial charge in [0.2, 0.25) is 0 Å². The van der Waals surface area contributed by atoms with E-state index in [4.69, 9.17) is 0 Å². The molecule has 4 nitrogen and oxygen atoms in total. The molecule has 0 aliphatic carbocycles. The third kappa shape index (κ3) is 5.61. The van der Waals surface area contributed by atoms with Crippen LogP contribution < -0.4 is 0 Å². The molecule has 1 heterocycles. The number of hydrogen-bond acceptors (Lipinski definition) is 4.